The van der Waals surface area contributed by atoms with Crippen LogP contribution in [0.15, 0.2) is 35.5 Å². The smallest absolute Gasteiger partial charge is 0.194 e. The summed E-state index contributed by atoms with van der Waals surface area (Å²) in [5.74, 6) is 1.81. The van der Waals surface area contributed by atoms with Crippen LogP contribution in [0.2, 0.25) is 0 Å². The molecule has 0 saturated carbocycles. The van der Waals surface area contributed by atoms with Crippen molar-refractivity contribution >= 4 is 41.3 Å². The molecule has 0 atom stereocenters. The van der Waals surface area contributed by atoms with E-state index in [1.807, 2.05) is 32.2 Å². The maximum Gasteiger partial charge on any atom is 0.194 e. The summed E-state index contributed by atoms with van der Waals surface area (Å²) in [5, 5.41) is 4.42. The van der Waals surface area contributed by atoms with Crippen LogP contribution >= 0.6 is 35.3 Å². The molecule has 0 radical (unpaired) electrons. The van der Waals surface area contributed by atoms with Crippen LogP contribution in [-0.2, 0) is 13.1 Å². The number of thiazole rings is 1. The van der Waals surface area contributed by atoms with Gasteiger partial charge in [0.1, 0.15) is 5.75 Å². The van der Waals surface area contributed by atoms with Crippen molar-refractivity contribution in [2.75, 3.05) is 20.2 Å². The molecule has 0 unspecified atom stereocenters. The van der Waals surface area contributed by atoms with Gasteiger partial charge in [0.25, 0.3) is 0 Å². The van der Waals surface area contributed by atoms with E-state index >= 15 is 0 Å². The zero-order valence-corrected chi connectivity index (χ0v) is 18.4. The first-order valence-electron chi connectivity index (χ1n) is 8.24. The highest BCUT2D eigenvalue weighted by atomic mass is 127. The summed E-state index contributed by atoms with van der Waals surface area (Å²) in [7, 11) is 2.05. The largest absolute Gasteiger partial charge is 0.494 e. The molecule has 2 aromatic rings. The molecule has 1 heterocycles. The zero-order chi connectivity index (χ0) is 17.4. The zero-order valence-electron chi connectivity index (χ0n) is 15.3. The van der Waals surface area contributed by atoms with Crippen LogP contribution in [0.4, 0.5) is 0 Å². The molecule has 0 fully saturated rings. The molecule has 1 N–H and O–H groups in total. The van der Waals surface area contributed by atoms with E-state index in [4.69, 9.17) is 9.73 Å². The Labute approximate surface area is 171 Å². The monoisotopic (exact) mass is 474 g/mol. The number of hydrogen-bond acceptors (Lipinski definition) is 4. The maximum atomic E-state index is 5.49. The van der Waals surface area contributed by atoms with Gasteiger partial charge >= 0.3 is 0 Å². The first-order valence-corrected chi connectivity index (χ1v) is 9.06. The normalized spacial score (nSPS) is 11.0. The summed E-state index contributed by atoms with van der Waals surface area (Å²) in [6, 6.07) is 8.21. The Morgan fingerprint density at radius 1 is 1.28 bits per heavy atom. The van der Waals surface area contributed by atoms with E-state index in [2.05, 4.69) is 41.3 Å². The molecule has 0 amide bonds. The van der Waals surface area contributed by atoms with Gasteiger partial charge < -0.3 is 15.0 Å². The summed E-state index contributed by atoms with van der Waals surface area (Å²) < 4.78 is 5.49. The highest BCUT2D eigenvalue weighted by molar-refractivity contribution is 14.0. The molecule has 0 aliphatic carbocycles. The summed E-state index contributed by atoms with van der Waals surface area (Å²) in [6.45, 7) is 9.06. The second-order valence-electron chi connectivity index (χ2n) is 5.45. The molecule has 0 aliphatic rings. The van der Waals surface area contributed by atoms with E-state index in [1.165, 1.54) is 10.4 Å². The van der Waals surface area contributed by atoms with E-state index < -0.39 is 0 Å². The third kappa shape index (κ3) is 7.19. The summed E-state index contributed by atoms with van der Waals surface area (Å²) >= 11 is 1.69. The SMILES string of the molecule is CCNC(=NCc1cnc(C)s1)N(C)Cc1ccc(OCC)cc1.I. The first-order chi connectivity index (χ1) is 11.6. The third-order valence-corrected chi connectivity index (χ3v) is 4.30. The molecule has 1 aromatic heterocycles. The minimum atomic E-state index is 0. The number of halogens is 1. The number of ether oxygens (including phenoxy) is 1. The van der Waals surface area contributed by atoms with Crippen molar-refractivity contribution < 1.29 is 4.74 Å². The minimum absolute atomic E-state index is 0. The number of aryl methyl sites for hydroxylation is 1. The van der Waals surface area contributed by atoms with Crippen molar-refractivity contribution in [3.8, 4) is 5.75 Å². The number of aliphatic imine (C=N–C) groups is 1. The fourth-order valence-corrected chi connectivity index (χ4v) is 3.03. The highest BCUT2D eigenvalue weighted by Gasteiger charge is 2.07. The molecule has 138 valence electrons. The Bertz CT molecular complexity index is 657. The van der Waals surface area contributed by atoms with Gasteiger partial charge in [0.2, 0.25) is 0 Å². The molecule has 2 rings (SSSR count). The fourth-order valence-electron chi connectivity index (χ4n) is 2.31. The Balaban J connectivity index is 0.00000312. The molecule has 0 bridgehead atoms. The molecular formula is C18H27IN4OS. The second-order valence-corrected chi connectivity index (χ2v) is 6.77. The van der Waals surface area contributed by atoms with Crippen molar-refractivity contribution in [2.24, 2.45) is 4.99 Å². The van der Waals surface area contributed by atoms with Crippen LogP contribution in [0.25, 0.3) is 0 Å². The fraction of sp³-hybridized carbons (Fsp3) is 0.444. The highest BCUT2D eigenvalue weighted by Crippen LogP contribution is 2.14. The van der Waals surface area contributed by atoms with E-state index in [0.29, 0.717) is 13.2 Å². The molecule has 7 heteroatoms. The van der Waals surface area contributed by atoms with Crippen LogP contribution in [0.5, 0.6) is 5.75 Å². The number of hydrogen-bond donors (Lipinski definition) is 1. The van der Waals surface area contributed by atoms with Crippen LogP contribution in [0.1, 0.15) is 29.3 Å². The van der Waals surface area contributed by atoms with Crippen molar-refractivity contribution in [1.82, 2.24) is 15.2 Å². The topological polar surface area (TPSA) is 49.8 Å². The number of benzene rings is 1. The van der Waals surface area contributed by atoms with Crippen molar-refractivity contribution in [3.63, 3.8) is 0 Å². The van der Waals surface area contributed by atoms with Crippen molar-refractivity contribution in [3.05, 3.63) is 45.9 Å². The van der Waals surface area contributed by atoms with Gasteiger partial charge in [-0.25, -0.2) is 9.98 Å². The second kappa shape index (κ2) is 11.3. The molecular weight excluding hydrogens is 447 g/mol. The van der Waals surface area contributed by atoms with E-state index in [-0.39, 0.29) is 24.0 Å². The Morgan fingerprint density at radius 3 is 2.56 bits per heavy atom. The maximum absolute atomic E-state index is 5.49. The van der Waals surface area contributed by atoms with Gasteiger partial charge in [0, 0.05) is 31.2 Å². The van der Waals surface area contributed by atoms with Gasteiger partial charge in [-0.3, -0.25) is 0 Å². The van der Waals surface area contributed by atoms with Crippen LogP contribution < -0.4 is 10.1 Å². The molecule has 0 spiro atoms. The van der Waals surface area contributed by atoms with Gasteiger partial charge in [-0.05, 0) is 38.5 Å². The molecule has 25 heavy (non-hydrogen) atoms. The number of aromatic nitrogens is 1. The molecule has 1 aromatic carbocycles. The van der Waals surface area contributed by atoms with Crippen LogP contribution in [0.3, 0.4) is 0 Å². The first kappa shape index (κ1) is 21.7. The predicted octanol–water partition coefficient (Wildman–Crippen LogP) is 4.07. The quantitative estimate of drug-likeness (QED) is 0.374. The molecule has 0 aliphatic heterocycles. The average molecular weight is 474 g/mol. The summed E-state index contributed by atoms with van der Waals surface area (Å²) in [5.41, 5.74) is 1.22. The lowest BCUT2D eigenvalue weighted by Gasteiger charge is -2.22. The Hall–Kier alpha value is -1.35. The summed E-state index contributed by atoms with van der Waals surface area (Å²) in [4.78, 5) is 12.3. The minimum Gasteiger partial charge on any atom is -0.494 e. The third-order valence-electron chi connectivity index (χ3n) is 3.40. The van der Waals surface area contributed by atoms with Crippen LogP contribution in [-0.4, -0.2) is 36.0 Å². The lowest BCUT2D eigenvalue weighted by molar-refractivity contribution is 0.340. The number of nitrogens with one attached hydrogen (secondary N) is 1. The summed E-state index contributed by atoms with van der Waals surface area (Å²) in [6.07, 6.45) is 1.90. The van der Waals surface area contributed by atoms with Gasteiger partial charge in [0.05, 0.1) is 18.2 Å². The Kier molecular flexibility index (Phi) is 9.81. The molecule has 5 nitrogen and oxygen atoms in total. The standard InChI is InChI=1S/C18H26N4OS.HI/c1-5-19-18(21-12-17-11-20-14(3)24-17)22(4)13-15-7-9-16(10-8-15)23-6-2;/h7-11H,5-6,12-13H2,1-4H3,(H,19,21);1H. The predicted molar refractivity (Wildman–Crippen MR) is 116 cm³/mol. The lowest BCUT2D eigenvalue weighted by Crippen LogP contribution is -2.38. The number of rotatable bonds is 7. The number of nitrogens with zero attached hydrogens (tertiary/aromatic N) is 3. The van der Waals surface area contributed by atoms with Gasteiger partial charge in [0.15, 0.2) is 5.96 Å². The average Bonchev–Trinajstić information content (AvgIpc) is 2.99. The lowest BCUT2D eigenvalue weighted by atomic mass is 10.2. The van der Waals surface area contributed by atoms with Gasteiger partial charge in [-0.2, -0.15) is 0 Å². The van der Waals surface area contributed by atoms with Crippen LogP contribution in [0, 0.1) is 6.92 Å². The van der Waals surface area contributed by atoms with Gasteiger partial charge in [-0.15, -0.1) is 35.3 Å². The van der Waals surface area contributed by atoms with E-state index in [9.17, 15) is 0 Å². The van der Waals surface area contributed by atoms with E-state index in [0.717, 1.165) is 29.8 Å². The molecule has 0 saturated heterocycles. The van der Waals surface area contributed by atoms with Gasteiger partial charge in [-0.1, -0.05) is 12.1 Å². The number of guanidine groups is 1. The van der Waals surface area contributed by atoms with Crippen molar-refractivity contribution in [1.29, 1.82) is 0 Å². The van der Waals surface area contributed by atoms with E-state index in [1.54, 1.807) is 11.3 Å². The Morgan fingerprint density at radius 2 is 2.00 bits per heavy atom. The van der Waals surface area contributed by atoms with Crippen molar-refractivity contribution in [2.45, 2.75) is 33.9 Å².